The molecule has 1 unspecified atom stereocenters. The second-order valence-corrected chi connectivity index (χ2v) is 6.70. The molecule has 3 aromatic heterocycles. The van der Waals surface area contributed by atoms with Gasteiger partial charge < -0.3 is 4.90 Å². The van der Waals surface area contributed by atoms with Crippen molar-refractivity contribution in [3.05, 3.63) is 88.4 Å². The number of likely N-dealkylation sites (tertiary alicyclic amines) is 1. The van der Waals surface area contributed by atoms with Gasteiger partial charge in [0.25, 0.3) is 11.5 Å². The van der Waals surface area contributed by atoms with Crippen LogP contribution in [0.2, 0.25) is 0 Å². The Morgan fingerprint density at radius 2 is 1.89 bits per heavy atom. The van der Waals surface area contributed by atoms with Crippen molar-refractivity contribution in [1.82, 2.24) is 19.4 Å². The predicted octanol–water partition coefficient (Wildman–Crippen LogP) is 2.91. The van der Waals surface area contributed by atoms with Gasteiger partial charge in [0.1, 0.15) is 5.56 Å². The molecule has 27 heavy (non-hydrogen) atoms. The van der Waals surface area contributed by atoms with Crippen LogP contribution >= 0.6 is 0 Å². The molecular formula is C21H20N4O2. The van der Waals surface area contributed by atoms with Crippen LogP contribution in [0.4, 0.5) is 0 Å². The average molecular weight is 360 g/mol. The smallest absolute Gasteiger partial charge is 0.268 e. The number of amides is 1. The molecule has 1 aliphatic rings. The van der Waals surface area contributed by atoms with Gasteiger partial charge in [-0.15, -0.1) is 0 Å². The summed E-state index contributed by atoms with van der Waals surface area (Å²) in [5.41, 5.74) is 2.23. The van der Waals surface area contributed by atoms with Crippen molar-refractivity contribution < 1.29 is 4.79 Å². The molecule has 4 heterocycles. The minimum atomic E-state index is -0.315. The fraction of sp³-hybridized carbons (Fsp3) is 0.238. The molecule has 0 N–H and O–H groups in total. The van der Waals surface area contributed by atoms with Crippen LogP contribution in [0, 0.1) is 6.92 Å². The van der Waals surface area contributed by atoms with Crippen LogP contribution in [0.25, 0.3) is 5.69 Å². The number of rotatable bonds is 3. The normalized spacial score (nSPS) is 16.5. The lowest BCUT2D eigenvalue weighted by Crippen LogP contribution is -2.37. The summed E-state index contributed by atoms with van der Waals surface area (Å²) in [5, 5.41) is 0. The van der Waals surface area contributed by atoms with Crippen molar-refractivity contribution in [2.75, 3.05) is 6.54 Å². The lowest BCUT2D eigenvalue weighted by atomic mass is 10.1. The van der Waals surface area contributed by atoms with Gasteiger partial charge in [0.05, 0.1) is 17.9 Å². The monoisotopic (exact) mass is 360 g/mol. The summed E-state index contributed by atoms with van der Waals surface area (Å²) < 4.78 is 1.47. The fourth-order valence-electron chi connectivity index (χ4n) is 3.66. The second-order valence-electron chi connectivity index (χ2n) is 6.70. The van der Waals surface area contributed by atoms with E-state index in [0.29, 0.717) is 17.8 Å². The molecule has 0 aromatic carbocycles. The summed E-state index contributed by atoms with van der Waals surface area (Å²) in [6.45, 7) is 2.44. The zero-order valence-corrected chi connectivity index (χ0v) is 15.1. The highest BCUT2D eigenvalue weighted by Crippen LogP contribution is 2.32. The molecule has 0 spiro atoms. The fourth-order valence-corrected chi connectivity index (χ4v) is 3.66. The largest absolute Gasteiger partial charge is 0.331 e. The molecule has 0 saturated carbocycles. The molecule has 3 aromatic rings. The molecule has 0 radical (unpaired) electrons. The highest BCUT2D eigenvalue weighted by molar-refractivity contribution is 5.95. The van der Waals surface area contributed by atoms with Gasteiger partial charge in [0.2, 0.25) is 0 Å². The number of aromatic nitrogens is 3. The van der Waals surface area contributed by atoms with Gasteiger partial charge in [-0.25, -0.2) is 0 Å². The van der Waals surface area contributed by atoms with Crippen LogP contribution in [-0.2, 0) is 0 Å². The molecular weight excluding hydrogens is 340 g/mol. The highest BCUT2D eigenvalue weighted by atomic mass is 16.2. The van der Waals surface area contributed by atoms with Gasteiger partial charge in [-0.05, 0) is 55.2 Å². The Kier molecular flexibility index (Phi) is 4.54. The number of hydrogen-bond acceptors (Lipinski definition) is 4. The number of pyridine rings is 3. The van der Waals surface area contributed by atoms with Gasteiger partial charge in [-0.3, -0.25) is 24.1 Å². The van der Waals surface area contributed by atoms with Gasteiger partial charge in [-0.1, -0.05) is 6.07 Å². The molecule has 136 valence electrons. The van der Waals surface area contributed by atoms with E-state index in [1.54, 1.807) is 61.0 Å². The maximum absolute atomic E-state index is 13.3. The van der Waals surface area contributed by atoms with Crippen molar-refractivity contribution in [2.45, 2.75) is 25.8 Å². The van der Waals surface area contributed by atoms with E-state index >= 15 is 0 Å². The molecule has 6 heteroatoms. The number of aryl methyl sites for hydroxylation is 1. The topological polar surface area (TPSA) is 68.1 Å². The Bertz CT molecular complexity index is 1020. The minimum Gasteiger partial charge on any atom is -0.331 e. The van der Waals surface area contributed by atoms with E-state index < -0.39 is 0 Å². The Labute approximate surface area is 157 Å². The molecule has 1 aliphatic heterocycles. The van der Waals surface area contributed by atoms with Gasteiger partial charge in [-0.2, -0.15) is 0 Å². The SMILES string of the molecule is Cc1ccn(-c2cccnc2)c(=O)c1C(=O)N1CCCC1c1cccnc1. The molecule has 4 rings (SSSR count). The van der Waals surface area contributed by atoms with Crippen LogP contribution < -0.4 is 5.56 Å². The maximum Gasteiger partial charge on any atom is 0.268 e. The van der Waals surface area contributed by atoms with Gasteiger partial charge >= 0.3 is 0 Å². The molecule has 0 aliphatic carbocycles. The van der Waals surface area contributed by atoms with E-state index in [9.17, 15) is 9.59 Å². The first-order chi connectivity index (χ1) is 13.2. The summed E-state index contributed by atoms with van der Waals surface area (Å²) in [6, 6.07) is 9.18. The highest BCUT2D eigenvalue weighted by Gasteiger charge is 2.33. The number of carbonyl (C=O) groups is 1. The van der Waals surface area contributed by atoms with Crippen molar-refractivity contribution in [1.29, 1.82) is 0 Å². The summed E-state index contributed by atoms with van der Waals surface area (Å²) in [4.78, 5) is 36.5. The second kappa shape index (κ2) is 7.15. The first-order valence-electron chi connectivity index (χ1n) is 9.00. The molecule has 1 fully saturated rings. The van der Waals surface area contributed by atoms with E-state index in [2.05, 4.69) is 9.97 Å². The van der Waals surface area contributed by atoms with Crippen molar-refractivity contribution >= 4 is 5.91 Å². The van der Waals surface area contributed by atoms with E-state index in [1.165, 1.54) is 4.57 Å². The van der Waals surface area contributed by atoms with Crippen LogP contribution in [0.3, 0.4) is 0 Å². The Morgan fingerprint density at radius 1 is 1.11 bits per heavy atom. The lowest BCUT2D eigenvalue weighted by Gasteiger charge is -2.25. The Hall–Kier alpha value is -3.28. The average Bonchev–Trinajstić information content (AvgIpc) is 3.19. The van der Waals surface area contributed by atoms with Crippen LogP contribution in [-0.4, -0.2) is 31.9 Å². The summed E-state index contributed by atoms with van der Waals surface area (Å²) in [5.74, 6) is -0.220. The zero-order valence-electron chi connectivity index (χ0n) is 15.1. The molecule has 1 amide bonds. The maximum atomic E-state index is 13.3. The van der Waals surface area contributed by atoms with E-state index in [1.807, 2.05) is 12.1 Å². The Balaban J connectivity index is 1.75. The minimum absolute atomic E-state index is 0.0444. The third-order valence-electron chi connectivity index (χ3n) is 5.02. The molecule has 0 bridgehead atoms. The first kappa shape index (κ1) is 17.1. The number of hydrogen-bond donors (Lipinski definition) is 0. The third-order valence-corrected chi connectivity index (χ3v) is 5.02. The van der Waals surface area contributed by atoms with Crippen molar-refractivity contribution in [2.24, 2.45) is 0 Å². The summed E-state index contributed by atoms with van der Waals surface area (Å²) >= 11 is 0. The molecule has 1 saturated heterocycles. The third kappa shape index (κ3) is 3.14. The predicted molar refractivity (Wildman–Crippen MR) is 102 cm³/mol. The van der Waals surface area contributed by atoms with Crippen LogP contribution in [0.15, 0.2) is 66.1 Å². The lowest BCUT2D eigenvalue weighted by molar-refractivity contribution is 0.0732. The van der Waals surface area contributed by atoms with Crippen molar-refractivity contribution in [3.63, 3.8) is 0 Å². The quantitative estimate of drug-likeness (QED) is 0.720. The molecule has 6 nitrogen and oxygen atoms in total. The standard InChI is InChI=1S/C21H20N4O2/c1-15-8-12-24(17-6-3-10-23-14-17)20(26)19(15)21(27)25-11-4-7-18(25)16-5-2-9-22-13-16/h2-3,5-6,8-10,12-14,18H,4,7,11H2,1H3. The van der Waals surface area contributed by atoms with Crippen LogP contribution in [0.5, 0.6) is 0 Å². The number of carbonyl (C=O) groups excluding carboxylic acids is 1. The number of nitrogens with zero attached hydrogens (tertiary/aromatic N) is 4. The van der Waals surface area contributed by atoms with Gasteiger partial charge in [0.15, 0.2) is 0 Å². The van der Waals surface area contributed by atoms with Crippen molar-refractivity contribution in [3.8, 4) is 5.69 Å². The first-order valence-corrected chi connectivity index (χ1v) is 9.00. The van der Waals surface area contributed by atoms with E-state index in [0.717, 1.165) is 18.4 Å². The Morgan fingerprint density at radius 3 is 2.59 bits per heavy atom. The molecule has 1 atom stereocenters. The summed E-state index contributed by atoms with van der Waals surface area (Å²) in [6.07, 6.45) is 10.2. The van der Waals surface area contributed by atoms with E-state index in [4.69, 9.17) is 0 Å². The van der Waals surface area contributed by atoms with E-state index in [-0.39, 0.29) is 23.1 Å². The summed E-state index contributed by atoms with van der Waals surface area (Å²) in [7, 11) is 0. The van der Waals surface area contributed by atoms with Gasteiger partial charge in [0, 0.05) is 31.3 Å². The van der Waals surface area contributed by atoms with Crippen LogP contribution in [0.1, 0.15) is 40.4 Å². The zero-order chi connectivity index (χ0) is 18.8.